The second kappa shape index (κ2) is 7.75. The van der Waals surface area contributed by atoms with Gasteiger partial charge in [0.05, 0.1) is 10.5 Å². The molecule has 4 rings (SSSR count). The van der Waals surface area contributed by atoms with Gasteiger partial charge >= 0.3 is 5.69 Å². The minimum atomic E-state index is -0.464. The third-order valence-electron chi connectivity index (χ3n) is 4.91. The van der Waals surface area contributed by atoms with Gasteiger partial charge in [0.25, 0.3) is 5.91 Å². The first-order valence-corrected chi connectivity index (χ1v) is 9.34. The molecular weight excluding hydrogens is 362 g/mol. The zero-order valence-electron chi connectivity index (χ0n) is 15.2. The molecule has 0 unspecified atom stereocenters. The van der Waals surface area contributed by atoms with Crippen molar-refractivity contribution in [3.63, 3.8) is 0 Å². The maximum Gasteiger partial charge on any atom is 0.329 e. The highest BCUT2D eigenvalue weighted by Crippen LogP contribution is 2.30. The number of aromatic nitrogens is 3. The predicted octanol–water partition coefficient (Wildman–Crippen LogP) is 1.75. The van der Waals surface area contributed by atoms with Crippen LogP contribution in [0.5, 0.6) is 0 Å². The molecule has 2 aliphatic rings. The second-order valence-corrected chi connectivity index (χ2v) is 7.06. The molecule has 0 aromatic carbocycles. The van der Waals surface area contributed by atoms with Gasteiger partial charge in [-0.2, -0.15) is 4.98 Å². The van der Waals surface area contributed by atoms with E-state index in [2.05, 4.69) is 25.6 Å². The Hall–Kier alpha value is -3.30. The van der Waals surface area contributed by atoms with Crippen LogP contribution in [0.15, 0.2) is 30.7 Å². The number of hydrogen-bond acceptors (Lipinski definition) is 8. The van der Waals surface area contributed by atoms with Gasteiger partial charge in [-0.1, -0.05) is 0 Å². The Kier molecular flexibility index (Phi) is 5.00. The van der Waals surface area contributed by atoms with Crippen LogP contribution in [0, 0.1) is 10.1 Å². The van der Waals surface area contributed by atoms with Gasteiger partial charge in [-0.15, -0.1) is 0 Å². The molecule has 1 amide bonds. The van der Waals surface area contributed by atoms with E-state index in [9.17, 15) is 14.9 Å². The number of nitrogens with one attached hydrogen (secondary N) is 2. The lowest BCUT2D eigenvalue weighted by Gasteiger charge is -2.32. The Labute approximate surface area is 161 Å². The van der Waals surface area contributed by atoms with Gasteiger partial charge in [-0.3, -0.25) is 19.9 Å². The maximum atomic E-state index is 12.3. The van der Waals surface area contributed by atoms with Crippen LogP contribution < -0.4 is 15.5 Å². The van der Waals surface area contributed by atoms with Crippen molar-refractivity contribution in [2.24, 2.45) is 0 Å². The van der Waals surface area contributed by atoms with Crippen LogP contribution in [0.25, 0.3) is 0 Å². The SMILES string of the molecule is O=C(NC1CCN(c2ncc([N+](=O)[O-])c(NC3CC3)n2)CC1)c1cccnc1. The fraction of sp³-hybridized carbons (Fsp3) is 0.444. The molecule has 10 nitrogen and oxygen atoms in total. The summed E-state index contributed by atoms with van der Waals surface area (Å²) in [6.07, 6.45) is 7.94. The molecule has 2 fully saturated rings. The lowest BCUT2D eigenvalue weighted by molar-refractivity contribution is -0.384. The predicted molar refractivity (Wildman–Crippen MR) is 102 cm³/mol. The summed E-state index contributed by atoms with van der Waals surface area (Å²) < 4.78 is 0. The minimum Gasteiger partial charge on any atom is -0.361 e. The van der Waals surface area contributed by atoms with Crippen LogP contribution in [-0.4, -0.2) is 51.0 Å². The van der Waals surface area contributed by atoms with Gasteiger partial charge in [0.15, 0.2) is 0 Å². The van der Waals surface area contributed by atoms with Crippen molar-refractivity contribution < 1.29 is 9.72 Å². The highest BCUT2D eigenvalue weighted by molar-refractivity contribution is 5.94. The summed E-state index contributed by atoms with van der Waals surface area (Å²) in [6.45, 7) is 1.33. The number of pyridine rings is 1. The summed E-state index contributed by atoms with van der Waals surface area (Å²) in [6, 6.07) is 3.79. The van der Waals surface area contributed by atoms with E-state index in [0.29, 0.717) is 24.6 Å². The molecule has 10 heteroatoms. The van der Waals surface area contributed by atoms with Gasteiger partial charge < -0.3 is 15.5 Å². The number of rotatable bonds is 6. The summed E-state index contributed by atoms with van der Waals surface area (Å²) in [5, 5.41) is 17.3. The number of piperidine rings is 1. The fourth-order valence-corrected chi connectivity index (χ4v) is 3.17. The molecular formula is C18H21N7O3. The topological polar surface area (TPSA) is 126 Å². The Morgan fingerprint density at radius 1 is 1.18 bits per heavy atom. The monoisotopic (exact) mass is 383 g/mol. The van der Waals surface area contributed by atoms with Crippen LogP contribution in [0.4, 0.5) is 17.5 Å². The van der Waals surface area contributed by atoms with E-state index < -0.39 is 4.92 Å². The Morgan fingerprint density at radius 2 is 1.96 bits per heavy atom. The van der Waals surface area contributed by atoms with E-state index in [1.807, 2.05) is 4.90 Å². The molecule has 1 saturated heterocycles. The first kappa shape index (κ1) is 18.1. The largest absolute Gasteiger partial charge is 0.361 e. The first-order chi connectivity index (χ1) is 13.6. The highest BCUT2D eigenvalue weighted by atomic mass is 16.6. The fourth-order valence-electron chi connectivity index (χ4n) is 3.17. The van der Waals surface area contributed by atoms with Gasteiger partial charge in [-0.25, -0.2) is 4.98 Å². The summed E-state index contributed by atoms with van der Waals surface area (Å²) in [5.74, 6) is 0.629. The molecule has 0 radical (unpaired) electrons. The van der Waals surface area contributed by atoms with Crippen molar-refractivity contribution in [2.75, 3.05) is 23.3 Å². The van der Waals surface area contributed by atoms with Crippen LogP contribution >= 0.6 is 0 Å². The van der Waals surface area contributed by atoms with Crippen molar-refractivity contribution in [3.05, 3.63) is 46.4 Å². The average Bonchev–Trinajstić information content (AvgIpc) is 3.53. The Balaban J connectivity index is 1.38. The smallest absolute Gasteiger partial charge is 0.329 e. The number of anilines is 2. The van der Waals surface area contributed by atoms with Gasteiger partial charge in [0.1, 0.15) is 6.20 Å². The van der Waals surface area contributed by atoms with E-state index >= 15 is 0 Å². The second-order valence-electron chi connectivity index (χ2n) is 7.06. The molecule has 2 aromatic rings. The van der Waals surface area contributed by atoms with E-state index in [-0.39, 0.29) is 29.5 Å². The lowest BCUT2D eigenvalue weighted by atomic mass is 10.0. The number of carbonyl (C=O) groups is 1. The van der Waals surface area contributed by atoms with Crippen LogP contribution in [0.2, 0.25) is 0 Å². The summed E-state index contributed by atoms with van der Waals surface area (Å²) in [5.41, 5.74) is 0.439. The summed E-state index contributed by atoms with van der Waals surface area (Å²) >= 11 is 0. The Morgan fingerprint density at radius 3 is 2.61 bits per heavy atom. The number of nitrogens with zero attached hydrogens (tertiary/aromatic N) is 5. The van der Waals surface area contributed by atoms with Crippen LogP contribution in [-0.2, 0) is 0 Å². The molecule has 0 bridgehead atoms. The standard InChI is InChI=1S/C18H21N7O3/c26-17(12-2-1-7-19-10-12)22-14-5-8-24(9-6-14)18-20-11-15(25(27)28)16(23-18)21-13-3-4-13/h1-2,7,10-11,13-14H,3-6,8-9H2,(H,22,26)(H,20,21,23). The molecule has 28 heavy (non-hydrogen) atoms. The molecule has 2 N–H and O–H groups in total. The molecule has 0 spiro atoms. The quantitative estimate of drug-likeness (QED) is 0.571. The van der Waals surface area contributed by atoms with Crippen LogP contribution in [0.3, 0.4) is 0 Å². The Bertz CT molecular complexity index is 865. The van der Waals surface area contributed by atoms with Crippen molar-refractivity contribution in [1.82, 2.24) is 20.3 Å². The number of amides is 1. The molecule has 1 aliphatic carbocycles. The average molecular weight is 383 g/mol. The van der Waals surface area contributed by atoms with E-state index in [1.54, 1.807) is 24.5 Å². The summed E-state index contributed by atoms with van der Waals surface area (Å²) in [4.78, 5) is 37.5. The van der Waals surface area contributed by atoms with E-state index in [0.717, 1.165) is 25.7 Å². The first-order valence-electron chi connectivity index (χ1n) is 9.34. The minimum absolute atomic E-state index is 0.0612. The molecule has 1 saturated carbocycles. The molecule has 146 valence electrons. The van der Waals surface area contributed by atoms with Gasteiger partial charge in [0, 0.05) is 37.6 Å². The van der Waals surface area contributed by atoms with E-state index in [4.69, 9.17) is 0 Å². The maximum absolute atomic E-state index is 12.3. The molecule has 3 heterocycles. The molecule has 1 aliphatic heterocycles. The van der Waals surface area contributed by atoms with Crippen molar-refractivity contribution >= 4 is 23.4 Å². The van der Waals surface area contributed by atoms with E-state index in [1.165, 1.54) is 6.20 Å². The van der Waals surface area contributed by atoms with Gasteiger partial charge in [0.2, 0.25) is 11.8 Å². The highest BCUT2D eigenvalue weighted by Gasteiger charge is 2.28. The zero-order valence-corrected chi connectivity index (χ0v) is 15.2. The third kappa shape index (κ3) is 4.16. The lowest BCUT2D eigenvalue weighted by Crippen LogP contribution is -2.45. The number of carbonyl (C=O) groups excluding carboxylic acids is 1. The number of nitro groups is 1. The molecule has 2 aromatic heterocycles. The third-order valence-corrected chi connectivity index (χ3v) is 4.91. The van der Waals surface area contributed by atoms with Crippen molar-refractivity contribution in [1.29, 1.82) is 0 Å². The normalized spacial score (nSPS) is 17.2. The summed E-state index contributed by atoms with van der Waals surface area (Å²) in [7, 11) is 0. The van der Waals surface area contributed by atoms with Crippen LogP contribution in [0.1, 0.15) is 36.0 Å². The van der Waals surface area contributed by atoms with Crippen molar-refractivity contribution in [2.45, 2.75) is 37.8 Å². The van der Waals surface area contributed by atoms with Gasteiger partial charge in [-0.05, 0) is 37.8 Å². The molecule has 0 atom stereocenters. The van der Waals surface area contributed by atoms with Crippen molar-refractivity contribution in [3.8, 4) is 0 Å². The number of hydrogen-bond donors (Lipinski definition) is 2. The zero-order chi connectivity index (χ0) is 19.5.